The second-order valence-electron chi connectivity index (χ2n) is 5.79. The van der Waals surface area contributed by atoms with Crippen LogP contribution in [-0.4, -0.2) is 21.1 Å². The Morgan fingerprint density at radius 2 is 1.76 bits per heavy atom. The van der Waals surface area contributed by atoms with Crippen molar-refractivity contribution >= 4 is 11.3 Å². The summed E-state index contributed by atoms with van der Waals surface area (Å²) in [6.45, 7) is 5.27. The zero-order valence-corrected chi connectivity index (χ0v) is 13.4. The molecular weight excluding hydrogens is 260 g/mol. The van der Waals surface area contributed by atoms with Crippen LogP contribution in [0.25, 0.3) is 5.52 Å². The monoisotopic (exact) mass is 288 g/mol. The fourth-order valence-electron chi connectivity index (χ4n) is 2.65. The largest absolute Gasteiger partial charge is 0.368 e. The molecule has 4 nitrogen and oxygen atoms in total. The van der Waals surface area contributed by atoms with Crippen molar-refractivity contribution in [3.05, 3.63) is 24.2 Å². The lowest BCUT2D eigenvalue weighted by molar-refractivity contribution is 0.581. The molecule has 2 aromatic heterocycles. The minimum atomic E-state index is 0.945. The zero-order valence-electron chi connectivity index (χ0n) is 13.4. The van der Waals surface area contributed by atoms with Gasteiger partial charge in [-0.15, -0.1) is 0 Å². The maximum atomic E-state index is 4.42. The van der Waals surface area contributed by atoms with E-state index >= 15 is 0 Å². The summed E-state index contributed by atoms with van der Waals surface area (Å²) >= 11 is 0. The Balaban J connectivity index is 1.64. The Labute approximate surface area is 128 Å². The van der Waals surface area contributed by atoms with Gasteiger partial charge < -0.3 is 5.32 Å². The highest BCUT2D eigenvalue weighted by atomic mass is 15.2. The lowest BCUT2D eigenvalue weighted by Crippen LogP contribution is -2.05. The first-order valence-electron chi connectivity index (χ1n) is 8.36. The molecule has 0 aliphatic heterocycles. The zero-order chi connectivity index (χ0) is 14.9. The van der Waals surface area contributed by atoms with Gasteiger partial charge >= 0.3 is 0 Å². The summed E-state index contributed by atoms with van der Waals surface area (Å²) in [4.78, 5) is 4.42. The topological polar surface area (TPSA) is 42.2 Å². The van der Waals surface area contributed by atoms with Crippen molar-refractivity contribution < 1.29 is 0 Å². The Morgan fingerprint density at radius 1 is 1.05 bits per heavy atom. The molecule has 0 amide bonds. The van der Waals surface area contributed by atoms with E-state index in [1.165, 1.54) is 51.4 Å². The number of hydrogen-bond acceptors (Lipinski definition) is 3. The van der Waals surface area contributed by atoms with E-state index in [9.17, 15) is 0 Å². The van der Waals surface area contributed by atoms with Crippen LogP contribution in [-0.2, 0) is 0 Å². The lowest BCUT2D eigenvalue weighted by Gasteiger charge is -2.06. The quantitative estimate of drug-likeness (QED) is 0.650. The summed E-state index contributed by atoms with van der Waals surface area (Å²) < 4.78 is 1.89. The van der Waals surface area contributed by atoms with Crippen molar-refractivity contribution in [1.82, 2.24) is 14.6 Å². The van der Waals surface area contributed by atoms with E-state index in [2.05, 4.69) is 28.4 Å². The van der Waals surface area contributed by atoms with E-state index in [-0.39, 0.29) is 0 Å². The van der Waals surface area contributed by atoms with Crippen molar-refractivity contribution in [2.75, 3.05) is 11.9 Å². The van der Waals surface area contributed by atoms with Gasteiger partial charge in [0.05, 0.1) is 5.69 Å². The van der Waals surface area contributed by atoms with Crippen molar-refractivity contribution in [2.24, 2.45) is 0 Å². The molecule has 0 saturated carbocycles. The van der Waals surface area contributed by atoms with E-state index in [0.29, 0.717) is 0 Å². The smallest absolute Gasteiger partial charge is 0.152 e. The number of hydrogen-bond donors (Lipinski definition) is 1. The summed E-state index contributed by atoms with van der Waals surface area (Å²) in [5.41, 5.74) is 2.09. The predicted octanol–water partition coefficient (Wildman–Crippen LogP) is 4.59. The van der Waals surface area contributed by atoms with E-state index in [0.717, 1.165) is 23.6 Å². The number of fused-ring (bicyclic) bond motifs is 1. The maximum absolute atomic E-state index is 4.42. The molecule has 0 aliphatic rings. The minimum Gasteiger partial charge on any atom is -0.368 e. The van der Waals surface area contributed by atoms with Crippen molar-refractivity contribution in [3.63, 3.8) is 0 Å². The Morgan fingerprint density at radius 3 is 2.52 bits per heavy atom. The molecule has 4 heteroatoms. The number of nitrogens with one attached hydrogen (secondary N) is 1. The molecule has 0 radical (unpaired) electrons. The van der Waals surface area contributed by atoms with Crippen LogP contribution in [0.2, 0.25) is 0 Å². The van der Waals surface area contributed by atoms with Crippen LogP contribution in [0.15, 0.2) is 18.5 Å². The van der Waals surface area contributed by atoms with Crippen molar-refractivity contribution in [1.29, 1.82) is 0 Å². The van der Waals surface area contributed by atoms with Crippen LogP contribution in [0.4, 0.5) is 5.82 Å². The molecule has 2 aromatic rings. The summed E-state index contributed by atoms with van der Waals surface area (Å²) in [7, 11) is 0. The Hall–Kier alpha value is -1.58. The molecule has 0 fully saturated rings. The first-order chi connectivity index (χ1) is 10.3. The third-order valence-corrected chi connectivity index (χ3v) is 3.83. The SMILES string of the molecule is CCCCCCCCCCNc1nccn2nc(C)cc12. The predicted molar refractivity (Wildman–Crippen MR) is 88.8 cm³/mol. The van der Waals surface area contributed by atoms with Gasteiger partial charge in [-0.3, -0.25) is 0 Å². The number of rotatable bonds is 10. The molecule has 2 heterocycles. The average Bonchev–Trinajstić information content (AvgIpc) is 2.86. The summed E-state index contributed by atoms with van der Waals surface area (Å²) in [5.74, 6) is 0.945. The van der Waals surface area contributed by atoms with E-state index in [1.807, 2.05) is 17.6 Å². The normalized spacial score (nSPS) is 11.1. The molecule has 0 aromatic carbocycles. The lowest BCUT2D eigenvalue weighted by atomic mass is 10.1. The van der Waals surface area contributed by atoms with E-state index in [1.54, 1.807) is 6.20 Å². The molecule has 0 spiro atoms. The van der Waals surface area contributed by atoms with Gasteiger partial charge in [-0.1, -0.05) is 51.9 Å². The van der Waals surface area contributed by atoms with Gasteiger partial charge in [0, 0.05) is 18.9 Å². The number of aryl methyl sites for hydroxylation is 1. The summed E-state index contributed by atoms with van der Waals surface area (Å²) in [6.07, 6.45) is 14.5. The third-order valence-electron chi connectivity index (χ3n) is 3.83. The average molecular weight is 288 g/mol. The fraction of sp³-hybridized carbons (Fsp3) is 0.647. The third kappa shape index (κ3) is 5.03. The molecule has 0 saturated heterocycles. The maximum Gasteiger partial charge on any atom is 0.152 e. The molecule has 116 valence electrons. The van der Waals surface area contributed by atoms with E-state index in [4.69, 9.17) is 0 Å². The van der Waals surface area contributed by atoms with Crippen LogP contribution >= 0.6 is 0 Å². The first-order valence-corrected chi connectivity index (χ1v) is 8.36. The number of unbranched alkanes of at least 4 members (excludes halogenated alkanes) is 7. The highest BCUT2D eigenvalue weighted by Gasteiger charge is 2.04. The van der Waals surface area contributed by atoms with Gasteiger partial charge in [-0.05, 0) is 19.4 Å². The highest BCUT2D eigenvalue weighted by molar-refractivity contribution is 5.67. The number of anilines is 1. The number of nitrogens with zero attached hydrogens (tertiary/aromatic N) is 3. The molecule has 2 rings (SSSR count). The standard InChI is InChI=1S/C17H28N4/c1-3-4-5-6-7-8-9-10-11-18-17-16-14-15(2)20-21(16)13-12-19-17/h12-14H,3-11H2,1-2H3,(H,18,19). The van der Waals surface area contributed by atoms with E-state index < -0.39 is 0 Å². The van der Waals surface area contributed by atoms with Crippen LogP contribution in [0.1, 0.15) is 64.0 Å². The van der Waals surface area contributed by atoms with Gasteiger partial charge in [0.1, 0.15) is 5.52 Å². The molecule has 21 heavy (non-hydrogen) atoms. The Kier molecular flexibility index (Phi) is 6.51. The Bertz CT molecular complexity index is 533. The molecule has 0 atom stereocenters. The van der Waals surface area contributed by atoms with Gasteiger partial charge in [0.2, 0.25) is 0 Å². The summed E-state index contributed by atoms with van der Waals surface area (Å²) in [6, 6.07) is 2.07. The van der Waals surface area contributed by atoms with Crippen LogP contribution < -0.4 is 5.32 Å². The molecular formula is C17H28N4. The minimum absolute atomic E-state index is 0.945. The molecule has 0 aliphatic carbocycles. The fourth-order valence-corrected chi connectivity index (χ4v) is 2.65. The van der Waals surface area contributed by atoms with Crippen LogP contribution in [0.3, 0.4) is 0 Å². The van der Waals surface area contributed by atoms with Gasteiger partial charge in [-0.25, -0.2) is 9.50 Å². The molecule has 1 N–H and O–H groups in total. The van der Waals surface area contributed by atoms with Gasteiger partial charge in [0.15, 0.2) is 5.82 Å². The second kappa shape index (κ2) is 8.65. The number of aromatic nitrogens is 3. The molecule has 0 unspecified atom stereocenters. The highest BCUT2D eigenvalue weighted by Crippen LogP contribution is 2.15. The first kappa shape index (κ1) is 15.8. The van der Waals surface area contributed by atoms with Crippen LogP contribution in [0.5, 0.6) is 0 Å². The summed E-state index contributed by atoms with van der Waals surface area (Å²) in [5, 5.41) is 7.84. The van der Waals surface area contributed by atoms with Gasteiger partial charge in [-0.2, -0.15) is 5.10 Å². The van der Waals surface area contributed by atoms with Gasteiger partial charge in [0.25, 0.3) is 0 Å². The van der Waals surface area contributed by atoms with Crippen LogP contribution in [0, 0.1) is 6.92 Å². The van der Waals surface area contributed by atoms with Crippen molar-refractivity contribution in [3.8, 4) is 0 Å². The second-order valence-corrected chi connectivity index (χ2v) is 5.79. The molecule has 0 bridgehead atoms. The van der Waals surface area contributed by atoms with Crippen molar-refractivity contribution in [2.45, 2.75) is 65.2 Å².